The van der Waals surface area contributed by atoms with E-state index >= 15 is 0 Å². The van der Waals surface area contributed by atoms with Crippen molar-refractivity contribution in [2.75, 3.05) is 0 Å². The standard InChI is InChI=1S/C10H16O2/c1-7-4-5-8(6-9(11)12)10(7,2)3/h4,8H,5-6H2,1-3H3,(H,11,12). The first-order valence-electron chi connectivity index (χ1n) is 4.33. The van der Waals surface area contributed by atoms with Gasteiger partial charge in [-0.2, -0.15) is 0 Å². The molecule has 0 spiro atoms. The summed E-state index contributed by atoms with van der Waals surface area (Å²) >= 11 is 0. The lowest BCUT2D eigenvalue weighted by atomic mass is 9.76. The molecule has 0 saturated carbocycles. The fraction of sp³-hybridized carbons (Fsp3) is 0.700. The Morgan fingerprint density at radius 2 is 2.33 bits per heavy atom. The average Bonchev–Trinajstić information content (AvgIpc) is 2.15. The third kappa shape index (κ3) is 1.52. The highest BCUT2D eigenvalue weighted by Crippen LogP contribution is 2.44. The van der Waals surface area contributed by atoms with Crippen LogP contribution in [0, 0.1) is 11.3 Å². The normalized spacial score (nSPS) is 26.9. The summed E-state index contributed by atoms with van der Waals surface area (Å²) in [4.78, 5) is 10.5. The average molecular weight is 168 g/mol. The third-order valence-corrected chi connectivity index (χ3v) is 3.17. The summed E-state index contributed by atoms with van der Waals surface area (Å²) in [5.74, 6) is -0.397. The number of hydrogen-bond acceptors (Lipinski definition) is 1. The first kappa shape index (κ1) is 9.30. The summed E-state index contributed by atoms with van der Waals surface area (Å²) in [6.45, 7) is 6.33. The van der Waals surface area contributed by atoms with Crippen LogP contribution in [0.15, 0.2) is 11.6 Å². The van der Waals surface area contributed by atoms with Crippen molar-refractivity contribution >= 4 is 5.97 Å². The van der Waals surface area contributed by atoms with E-state index < -0.39 is 5.97 Å². The molecule has 12 heavy (non-hydrogen) atoms. The molecule has 0 amide bonds. The summed E-state index contributed by atoms with van der Waals surface area (Å²) in [6, 6.07) is 0. The van der Waals surface area contributed by atoms with Gasteiger partial charge in [0.15, 0.2) is 0 Å². The van der Waals surface area contributed by atoms with Crippen LogP contribution in [0.1, 0.15) is 33.6 Å². The highest BCUT2D eigenvalue weighted by molar-refractivity contribution is 5.67. The second-order valence-electron chi connectivity index (χ2n) is 4.14. The van der Waals surface area contributed by atoms with Gasteiger partial charge in [-0.25, -0.2) is 0 Å². The van der Waals surface area contributed by atoms with E-state index in [2.05, 4.69) is 26.8 Å². The number of hydrogen-bond donors (Lipinski definition) is 1. The molecular formula is C10H16O2. The second-order valence-corrected chi connectivity index (χ2v) is 4.14. The molecular weight excluding hydrogens is 152 g/mol. The van der Waals surface area contributed by atoms with Gasteiger partial charge in [0.25, 0.3) is 0 Å². The smallest absolute Gasteiger partial charge is 0.303 e. The minimum absolute atomic E-state index is 0.0817. The van der Waals surface area contributed by atoms with Crippen molar-refractivity contribution in [3.8, 4) is 0 Å². The molecule has 1 N–H and O–H groups in total. The fourth-order valence-electron chi connectivity index (χ4n) is 1.75. The van der Waals surface area contributed by atoms with Crippen LogP contribution in [0.2, 0.25) is 0 Å². The summed E-state index contributed by atoms with van der Waals surface area (Å²) < 4.78 is 0. The molecule has 0 fully saturated rings. The fourth-order valence-corrected chi connectivity index (χ4v) is 1.75. The highest BCUT2D eigenvalue weighted by Gasteiger charge is 2.35. The first-order valence-corrected chi connectivity index (χ1v) is 4.33. The van der Waals surface area contributed by atoms with Gasteiger partial charge < -0.3 is 5.11 Å². The molecule has 1 atom stereocenters. The lowest BCUT2D eigenvalue weighted by molar-refractivity contribution is -0.138. The summed E-state index contributed by atoms with van der Waals surface area (Å²) in [6.07, 6.45) is 3.37. The Hall–Kier alpha value is -0.790. The van der Waals surface area contributed by atoms with Crippen LogP contribution in [0.3, 0.4) is 0 Å². The van der Waals surface area contributed by atoms with E-state index in [1.807, 2.05) is 0 Å². The Kier molecular flexibility index (Phi) is 2.27. The van der Waals surface area contributed by atoms with E-state index in [0.717, 1.165) is 6.42 Å². The molecule has 2 nitrogen and oxygen atoms in total. The van der Waals surface area contributed by atoms with E-state index in [9.17, 15) is 4.79 Å². The molecule has 0 bridgehead atoms. The maximum absolute atomic E-state index is 10.5. The van der Waals surface area contributed by atoms with Crippen molar-refractivity contribution in [1.29, 1.82) is 0 Å². The van der Waals surface area contributed by atoms with Crippen molar-refractivity contribution in [2.24, 2.45) is 11.3 Å². The number of carbonyl (C=O) groups is 1. The van der Waals surface area contributed by atoms with Gasteiger partial charge in [0, 0.05) is 6.42 Å². The molecule has 0 radical (unpaired) electrons. The van der Waals surface area contributed by atoms with E-state index in [4.69, 9.17) is 5.11 Å². The zero-order valence-electron chi connectivity index (χ0n) is 7.92. The maximum Gasteiger partial charge on any atom is 0.303 e. The number of allylic oxidation sites excluding steroid dienone is 2. The zero-order chi connectivity index (χ0) is 9.35. The van der Waals surface area contributed by atoms with Gasteiger partial charge in [-0.1, -0.05) is 25.5 Å². The minimum Gasteiger partial charge on any atom is -0.481 e. The molecule has 0 aromatic carbocycles. The SMILES string of the molecule is CC1=CCC(CC(=O)O)C1(C)C. The van der Waals surface area contributed by atoms with Crippen LogP contribution >= 0.6 is 0 Å². The second kappa shape index (κ2) is 2.92. The Labute approximate surface area is 73.3 Å². The maximum atomic E-state index is 10.5. The summed E-state index contributed by atoms with van der Waals surface area (Å²) in [5, 5.41) is 8.67. The van der Waals surface area contributed by atoms with Gasteiger partial charge in [-0.3, -0.25) is 4.79 Å². The van der Waals surface area contributed by atoms with Gasteiger partial charge >= 0.3 is 5.97 Å². The van der Waals surface area contributed by atoms with Gasteiger partial charge in [-0.05, 0) is 24.7 Å². The summed E-state index contributed by atoms with van der Waals surface area (Å²) in [7, 11) is 0. The number of aliphatic carboxylic acids is 1. The molecule has 1 aliphatic carbocycles. The van der Waals surface area contributed by atoms with E-state index in [1.165, 1.54) is 5.57 Å². The van der Waals surface area contributed by atoms with Crippen molar-refractivity contribution in [3.63, 3.8) is 0 Å². The molecule has 1 unspecified atom stereocenters. The van der Waals surface area contributed by atoms with Crippen LogP contribution in [-0.4, -0.2) is 11.1 Å². The lowest BCUT2D eigenvalue weighted by Gasteiger charge is -2.28. The highest BCUT2D eigenvalue weighted by atomic mass is 16.4. The predicted molar refractivity (Wildman–Crippen MR) is 47.9 cm³/mol. The first-order chi connectivity index (χ1) is 5.44. The van der Waals surface area contributed by atoms with E-state index in [1.54, 1.807) is 0 Å². The molecule has 1 rings (SSSR count). The van der Waals surface area contributed by atoms with Gasteiger partial charge in [-0.15, -0.1) is 0 Å². The van der Waals surface area contributed by atoms with Crippen LogP contribution in [-0.2, 0) is 4.79 Å². The van der Waals surface area contributed by atoms with Gasteiger partial charge in [0.05, 0.1) is 0 Å². The molecule has 0 aromatic rings. The molecule has 0 aliphatic heterocycles. The summed E-state index contributed by atoms with van der Waals surface area (Å²) in [5.41, 5.74) is 1.41. The Morgan fingerprint density at radius 3 is 2.67 bits per heavy atom. The molecule has 0 heterocycles. The van der Waals surface area contributed by atoms with E-state index in [-0.39, 0.29) is 11.3 Å². The molecule has 68 valence electrons. The Balaban J connectivity index is 2.67. The van der Waals surface area contributed by atoms with Crippen LogP contribution in [0.25, 0.3) is 0 Å². The van der Waals surface area contributed by atoms with Crippen LogP contribution in [0.5, 0.6) is 0 Å². The number of carboxylic acid groups (broad SMARTS) is 1. The monoisotopic (exact) mass is 168 g/mol. The molecule has 0 aromatic heterocycles. The molecule has 2 heteroatoms. The van der Waals surface area contributed by atoms with Crippen LogP contribution in [0.4, 0.5) is 0 Å². The minimum atomic E-state index is -0.684. The quantitative estimate of drug-likeness (QED) is 0.643. The lowest BCUT2D eigenvalue weighted by Crippen LogP contribution is -2.22. The molecule has 0 saturated heterocycles. The van der Waals surface area contributed by atoms with Gasteiger partial charge in [0.2, 0.25) is 0 Å². The van der Waals surface area contributed by atoms with Gasteiger partial charge in [0.1, 0.15) is 0 Å². The topological polar surface area (TPSA) is 37.3 Å². The van der Waals surface area contributed by atoms with E-state index in [0.29, 0.717) is 6.42 Å². The third-order valence-electron chi connectivity index (χ3n) is 3.17. The Bertz CT molecular complexity index is 226. The Morgan fingerprint density at radius 1 is 1.75 bits per heavy atom. The van der Waals surface area contributed by atoms with Crippen molar-refractivity contribution < 1.29 is 9.90 Å². The number of rotatable bonds is 2. The number of carboxylic acids is 1. The van der Waals surface area contributed by atoms with Crippen LogP contribution < -0.4 is 0 Å². The van der Waals surface area contributed by atoms with Crippen molar-refractivity contribution in [3.05, 3.63) is 11.6 Å². The predicted octanol–water partition coefficient (Wildman–Crippen LogP) is 2.45. The zero-order valence-corrected chi connectivity index (χ0v) is 7.92. The molecule has 1 aliphatic rings. The largest absolute Gasteiger partial charge is 0.481 e. The van der Waals surface area contributed by atoms with Crippen molar-refractivity contribution in [1.82, 2.24) is 0 Å². The van der Waals surface area contributed by atoms with Crippen molar-refractivity contribution in [2.45, 2.75) is 33.6 Å².